The molecule has 0 radical (unpaired) electrons. The number of hydrogen-bond donors (Lipinski definition) is 2. The van der Waals surface area contributed by atoms with E-state index in [0.29, 0.717) is 0 Å². The number of hydrogen-bond acceptors (Lipinski definition) is 3. The maximum absolute atomic E-state index is 12.2. The summed E-state index contributed by atoms with van der Waals surface area (Å²) < 4.78 is 0. The fourth-order valence-corrected chi connectivity index (χ4v) is 2.50. The van der Waals surface area contributed by atoms with Crippen molar-refractivity contribution in [2.75, 3.05) is 0 Å². The minimum atomic E-state index is -0.646. The van der Waals surface area contributed by atoms with Gasteiger partial charge in [0, 0.05) is 0 Å². The van der Waals surface area contributed by atoms with Crippen LogP contribution in [0.4, 0.5) is 0 Å². The van der Waals surface area contributed by atoms with E-state index < -0.39 is 11.4 Å². The minimum Gasteiger partial charge on any atom is -0.367 e. The summed E-state index contributed by atoms with van der Waals surface area (Å²) in [5.41, 5.74) is 9.58. The molecule has 0 saturated heterocycles. The highest BCUT2D eigenvalue weighted by Crippen LogP contribution is 2.43. The van der Waals surface area contributed by atoms with Gasteiger partial charge in [-0.2, -0.15) is 0 Å². The Morgan fingerprint density at radius 3 is 1.87 bits per heavy atom. The molecule has 0 aromatic heterocycles. The van der Waals surface area contributed by atoms with Gasteiger partial charge in [-0.3, -0.25) is 0 Å². The maximum atomic E-state index is 12.2. The number of carbonyl (C=O) groups excluding carboxylic acids is 1. The molecule has 0 aromatic rings. The molecule has 23 heavy (non-hydrogen) atoms. The number of unbranched alkanes of at least 4 members (excludes halogenated alkanes) is 7. The van der Waals surface area contributed by atoms with Crippen LogP contribution in [-0.4, -0.2) is 11.9 Å². The molecular formula is C18H37N3O2. The molecule has 0 spiro atoms. The highest BCUT2D eigenvalue weighted by molar-refractivity contribution is 5.79. The summed E-state index contributed by atoms with van der Waals surface area (Å²) in [6.07, 6.45) is 11.2. The molecule has 5 heteroatoms. The van der Waals surface area contributed by atoms with Gasteiger partial charge in [0.25, 0.3) is 0 Å². The molecule has 0 aliphatic carbocycles. The van der Waals surface area contributed by atoms with Crippen molar-refractivity contribution in [1.82, 2.24) is 0 Å². The number of nitrogens with zero attached hydrogens (tertiary/aromatic N) is 1. The summed E-state index contributed by atoms with van der Waals surface area (Å²) in [6.45, 7) is 10.2. The second-order valence-electron chi connectivity index (χ2n) is 7.63. The fourth-order valence-electron chi connectivity index (χ4n) is 2.50. The Hall–Kier alpha value is -1.26. The molecule has 5 nitrogen and oxygen atoms in total. The van der Waals surface area contributed by atoms with Gasteiger partial charge in [0.1, 0.15) is 0 Å². The van der Waals surface area contributed by atoms with Gasteiger partial charge < -0.3 is 16.3 Å². The number of oxime groups is 1. The van der Waals surface area contributed by atoms with E-state index in [0.717, 1.165) is 12.8 Å². The molecule has 0 fully saturated rings. The van der Waals surface area contributed by atoms with Gasteiger partial charge in [-0.15, -0.1) is 0 Å². The van der Waals surface area contributed by atoms with Gasteiger partial charge in [0.05, 0.1) is 5.41 Å². The molecule has 0 amide bonds. The third-order valence-electron chi connectivity index (χ3n) is 5.09. The first-order valence-electron chi connectivity index (χ1n) is 8.95. The van der Waals surface area contributed by atoms with Crippen molar-refractivity contribution in [2.24, 2.45) is 27.5 Å². The van der Waals surface area contributed by atoms with Crippen LogP contribution >= 0.6 is 0 Å². The van der Waals surface area contributed by atoms with Crippen molar-refractivity contribution in [3.63, 3.8) is 0 Å². The van der Waals surface area contributed by atoms with E-state index in [9.17, 15) is 4.79 Å². The summed E-state index contributed by atoms with van der Waals surface area (Å²) >= 11 is 0. The normalized spacial score (nSPS) is 12.0. The molecule has 4 N–H and O–H groups in total. The Balaban J connectivity index is 4.18. The molecule has 0 aromatic carbocycles. The van der Waals surface area contributed by atoms with E-state index >= 15 is 0 Å². The summed E-state index contributed by atoms with van der Waals surface area (Å²) in [7, 11) is 0. The lowest BCUT2D eigenvalue weighted by atomic mass is 9.65. The van der Waals surface area contributed by atoms with E-state index in [4.69, 9.17) is 16.3 Å². The molecule has 0 heterocycles. The van der Waals surface area contributed by atoms with Crippen molar-refractivity contribution in [2.45, 2.75) is 92.4 Å². The highest BCUT2D eigenvalue weighted by atomic mass is 16.7. The van der Waals surface area contributed by atoms with Gasteiger partial charge in [-0.25, -0.2) is 4.79 Å². The molecule has 136 valence electrons. The van der Waals surface area contributed by atoms with Crippen molar-refractivity contribution in [3.05, 3.63) is 0 Å². The molecule has 0 aliphatic rings. The van der Waals surface area contributed by atoms with E-state index in [1.807, 2.05) is 13.8 Å². The van der Waals surface area contributed by atoms with Crippen LogP contribution in [-0.2, 0) is 9.63 Å². The van der Waals surface area contributed by atoms with Crippen LogP contribution in [0.25, 0.3) is 0 Å². The average Bonchev–Trinajstić information content (AvgIpc) is 2.47. The van der Waals surface area contributed by atoms with Crippen molar-refractivity contribution in [3.8, 4) is 0 Å². The van der Waals surface area contributed by atoms with Crippen molar-refractivity contribution in [1.29, 1.82) is 0 Å². The molecule has 0 saturated carbocycles. The van der Waals surface area contributed by atoms with Crippen LogP contribution in [0.2, 0.25) is 0 Å². The van der Waals surface area contributed by atoms with Crippen LogP contribution in [0.1, 0.15) is 92.4 Å². The second-order valence-corrected chi connectivity index (χ2v) is 7.63. The Bertz CT molecular complexity index is 372. The Kier molecular flexibility index (Phi) is 9.93. The van der Waals surface area contributed by atoms with Crippen LogP contribution < -0.4 is 11.5 Å². The number of carbonyl (C=O) groups is 1. The summed E-state index contributed by atoms with van der Waals surface area (Å²) in [5.74, 6) is -0.634. The average molecular weight is 328 g/mol. The molecular weight excluding hydrogens is 290 g/mol. The van der Waals surface area contributed by atoms with Gasteiger partial charge in [0.15, 0.2) is 0 Å². The molecule has 0 aliphatic heterocycles. The SMILES string of the molecule is CCCCCCCCCCC(C)(C)C(C)(C)C(=O)ON=C(N)N. The number of rotatable bonds is 12. The van der Waals surface area contributed by atoms with Crippen molar-refractivity contribution >= 4 is 11.9 Å². The minimum absolute atomic E-state index is 0.175. The monoisotopic (exact) mass is 327 g/mol. The highest BCUT2D eigenvalue weighted by Gasteiger charge is 2.44. The lowest BCUT2D eigenvalue weighted by molar-refractivity contribution is -0.161. The molecule has 0 atom stereocenters. The summed E-state index contributed by atoms with van der Waals surface area (Å²) in [4.78, 5) is 17.0. The predicted molar refractivity (Wildman–Crippen MR) is 96.7 cm³/mol. The maximum Gasteiger partial charge on any atom is 0.341 e. The van der Waals surface area contributed by atoms with Gasteiger partial charge >= 0.3 is 5.97 Å². The summed E-state index contributed by atoms with van der Waals surface area (Å²) in [5, 5.41) is 3.37. The predicted octanol–water partition coefficient (Wildman–Crippen LogP) is 4.30. The van der Waals surface area contributed by atoms with E-state index in [1.54, 1.807) is 0 Å². The van der Waals surface area contributed by atoms with Crippen LogP contribution in [0.15, 0.2) is 5.16 Å². The second kappa shape index (κ2) is 10.5. The van der Waals surface area contributed by atoms with Crippen LogP contribution in [0.3, 0.4) is 0 Å². The summed E-state index contributed by atoms with van der Waals surface area (Å²) in [6, 6.07) is 0. The number of guanidine groups is 1. The zero-order valence-corrected chi connectivity index (χ0v) is 15.8. The first-order valence-corrected chi connectivity index (χ1v) is 8.95. The topological polar surface area (TPSA) is 90.7 Å². The molecule has 0 bridgehead atoms. The van der Waals surface area contributed by atoms with Crippen LogP contribution in [0, 0.1) is 10.8 Å². The largest absolute Gasteiger partial charge is 0.367 e. The standard InChI is InChI=1S/C18H37N3O2/c1-6-7-8-9-10-11-12-13-14-17(2,3)18(4,5)15(22)23-21-16(19)20/h6-14H2,1-5H3,(H4,19,20,21). The van der Waals surface area contributed by atoms with Crippen molar-refractivity contribution < 1.29 is 9.63 Å². The lowest BCUT2D eigenvalue weighted by Crippen LogP contribution is -2.40. The van der Waals surface area contributed by atoms with E-state index in [1.165, 1.54) is 44.9 Å². The first-order chi connectivity index (χ1) is 10.6. The quantitative estimate of drug-likeness (QED) is 0.184. The zero-order valence-electron chi connectivity index (χ0n) is 15.8. The molecule has 0 unspecified atom stereocenters. The van der Waals surface area contributed by atoms with Gasteiger partial charge in [-0.1, -0.05) is 72.1 Å². The Morgan fingerprint density at radius 1 is 0.913 bits per heavy atom. The zero-order chi connectivity index (χ0) is 17.9. The molecule has 0 rings (SSSR count). The van der Waals surface area contributed by atoms with Gasteiger partial charge in [0.2, 0.25) is 5.96 Å². The Morgan fingerprint density at radius 2 is 1.39 bits per heavy atom. The van der Waals surface area contributed by atoms with Gasteiger partial charge in [-0.05, 0) is 30.8 Å². The Labute approximate surface area is 142 Å². The third kappa shape index (κ3) is 8.24. The number of nitrogens with two attached hydrogens (primary N) is 2. The smallest absolute Gasteiger partial charge is 0.341 e. The van der Waals surface area contributed by atoms with E-state index in [2.05, 4.69) is 25.9 Å². The lowest BCUT2D eigenvalue weighted by Gasteiger charge is -2.38. The van der Waals surface area contributed by atoms with E-state index in [-0.39, 0.29) is 11.4 Å². The first kappa shape index (κ1) is 21.7. The third-order valence-corrected chi connectivity index (χ3v) is 5.09. The van der Waals surface area contributed by atoms with Crippen LogP contribution in [0.5, 0.6) is 0 Å². The fraction of sp³-hybridized carbons (Fsp3) is 0.889.